The van der Waals surface area contributed by atoms with Gasteiger partial charge in [0.05, 0.1) is 12.0 Å². The number of hydrogen-bond acceptors (Lipinski definition) is 8. The summed E-state index contributed by atoms with van der Waals surface area (Å²) < 4.78 is 34.8. The van der Waals surface area contributed by atoms with Crippen LogP contribution in [0.4, 0.5) is 5.69 Å². The summed E-state index contributed by atoms with van der Waals surface area (Å²) in [5.41, 5.74) is 2.01. The van der Waals surface area contributed by atoms with Gasteiger partial charge in [0, 0.05) is 25.8 Å². The largest absolute Gasteiger partial charge is 0.450 e. The van der Waals surface area contributed by atoms with Crippen LogP contribution in [0.2, 0.25) is 0 Å². The molecule has 5 aromatic rings. The number of ether oxygens (including phenoxy) is 1. The highest BCUT2D eigenvalue weighted by Gasteiger charge is 2.59. The van der Waals surface area contributed by atoms with Gasteiger partial charge in [0.15, 0.2) is 17.0 Å². The van der Waals surface area contributed by atoms with Crippen molar-refractivity contribution in [3.8, 4) is 0 Å². The average molecular weight is 622 g/mol. The Hall–Kier alpha value is -4.90. The smallest absolute Gasteiger partial charge is 0.318 e. The number of imidazole rings is 1. The summed E-state index contributed by atoms with van der Waals surface area (Å²) in [6.45, 7) is 0. The van der Waals surface area contributed by atoms with Gasteiger partial charge in [0.1, 0.15) is 17.8 Å². The lowest BCUT2D eigenvalue weighted by Gasteiger charge is -2.28. The number of sulfonamides is 1. The second-order valence-corrected chi connectivity index (χ2v) is 13.7. The molecule has 2 fully saturated rings. The predicted octanol–water partition coefficient (Wildman–Crippen LogP) is 4.64. The van der Waals surface area contributed by atoms with Crippen LogP contribution in [0.5, 0.6) is 0 Å². The molecule has 0 radical (unpaired) electrons. The number of fused-ring (bicyclic) bond motifs is 1. The molecule has 10 nitrogen and oxygen atoms in total. The summed E-state index contributed by atoms with van der Waals surface area (Å²) in [6, 6.07) is 26.3. The fourth-order valence-corrected chi connectivity index (χ4v) is 7.73. The van der Waals surface area contributed by atoms with E-state index in [-0.39, 0.29) is 40.7 Å². The summed E-state index contributed by atoms with van der Waals surface area (Å²) in [6.07, 6.45) is 4.79. The van der Waals surface area contributed by atoms with E-state index < -0.39 is 33.4 Å². The topological polar surface area (TPSA) is 135 Å². The van der Waals surface area contributed by atoms with Gasteiger partial charge in [-0.2, -0.15) is 8.42 Å². The number of rotatable bonds is 10. The van der Waals surface area contributed by atoms with Crippen molar-refractivity contribution in [3.63, 3.8) is 0 Å². The molecule has 2 aromatic heterocycles. The summed E-state index contributed by atoms with van der Waals surface area (Å²) in [5, 5.41) is -0.196. The monoisotopic (exact) mass is 621 g/mol. The van der Waals surface area contributed by atoms with E-state index in [0.29, 0.717) is 5.69 Å². The zero-order valence-corrected chi connectivity index (χ0v) is 25.4. The molecule has 3 aromatic carbocycles. The Kier molecular flexibility index (Phi) is 7.20. The number of nitrogens with zero attached hydrogens (tertiary/aromatic N) is 4. The SMILES string of the molecule is CN(c1cccc(C(C2CC2)C2C(=O)OC(Cc3ccccc3)(Cc3ccccc3)C2=O)c1)S(=O)(=O)c1ncnc2nc[nH]c12. The van der Waals surface area contributed by atoms with Gasteiger partial charge < -0.3 is 9.72 Å². The third-order valence-electron chi connectivity index (χ3n) is 8.85. The highest BCUT2D eigenvalue weighted by Crippen LogP contribution is 2.51. The maximum atomic E-state index is 14.6. The van der Waals surface area contributed by atoms with Crippen LogP contribution >= 0.6 is 0 Å². The van der Waals surface area contributed by atoms with Crippen molar-refractivity contribution < 1.29 is 22.7 Å². The van der Waals surface area contributed by atoms with Crippen molar-refractivity contribution in [2.75, 3.05) is 11.4 Å². The van der Waals surface area contributed by atoms with Crippen molar-refractivity contribution >= 4 is 38.6 Å². The number of Topliss-reactive ketones (excluding diaryl/α,β-unsaturated/α-hetero) is 1. The van der Waals surface area contributed by atoms with Crippen molar-refractivity contribution in [3.05, 3.63) is 114 Å². The number of carbonyl (C=O) groups excluding carboxylic acids is 2. The van der Waals surface area contributed by atoms with Gasteiger partial charge in [-0.15, -0.1) is 0 Å². The van der Waals surface area contributed by atoms with Gasteiger partial charge in [0.25, 0.3) is 10.0 Å². The highest BCUT2D eigenvalue weighted by molar-refractivity contribution is 7.92. The molecular formula is C34H31N5O5S. The number of ketones is 1. The first kappa shape index (κ1) is 28.8. The third kappa shape index (κ3) is 5.27. The number of cyclic esters (lactones) is 1. The van der Waals surface area contributed by atoms with Gasteiger partial charge in [-0.1, -0.05) is 72.8 Å². The molecular weight excluding hydrogens is 590 g/mol. The number of hydrogen-bond donors (Lipinski definition) is 1. The number of benzene rings is 3. The van der Waals surface area contributed by atoms with Gasteiger partial charge >= 0.3 is 5.97 Å². The molecule has 11 heteroatoms. The Labute approximate surface area is 260 Å². The van der Waals surface area contributed by atoms with E-state index in [1.165, 1.54) is 13.4 Å². The summed E-state index contributed by atoms with van der Waals surface area (Å²) >= 11 is 0. The molecule has 1 aliphatic carbocycles. The Bertz CT molecular complexity index is 1950. The molecule has 0 bridgehead atoms. The Morgan fingerprint density at radius 3 is 2.22 bits per heavy atom. The van der Waals surface area contributed by atoms with E-state index in [2.05, 4.69) is 19.9 Å². The number of anilines is 1. The zero-order valence-electron chi connectivity index (χ0n) is 24.5. The van der Waals surface area contributed by atoms with E-state index in [0.717, 1.165) is 40.2 Å². The van der Waals surface area contributed by atoms with Gasteiger partial charge in [0.2, 0.25) is 5.03 Å². The van der Waals surface area contributed by atoms with Crippen LogP contribution in [0.15, 0.2) is 103 Å². The van der Waals surface area contributed by atoms with E-state index in [4.69, 9.17) is 4.74 Å². The van der Waals surface area contributed by atoms with Crippen LogP contribution in [-0.4, -0.2) is 52.8 Å². The molecule has 7 rings (SSSR count). The lowest BCUT2D eigenvalue weighted by molar-refractivity contribution is -0.152. The molecule has 2 atom stereocenters. The van der Waals surface area contributed by atoms with Crippen molar-refractivity contribution in [1.29, 1.82) is 0 Å². The third-order valence-corrected chi connectivity index (χ3v) is 10.6. The summed E-state index contributed by atoms with van der Waals surface area (Å²) in [4.78, 5) is 43.3. The fraction of sp³-hybridized carbons (Fsp3) is 0.265. The van der Waals surface area contributed by atoms with Crippen molar-refractivity contribution in [2.24, 2.45) is 11.8 Å². The number of nitrogens with one attached hydrogen (secondary N) is 1. The predicted molar refractivity (Wildman–Crippen MR) is 167 cm³/mol. The Morgan fingerprint density at radius 2 is 1.58 bits per heavy atom. The van der Waals surface area contributed by atoms with Gasteiger partial charge in [-0.05, 0) is 47.6 Å². The number of aromatic amines is 1. The number of H-pyrrole nitrogens is 1. The van der Waals surface area contributed by atoms with E-state index in [9.17, 15) is 18.0 Å². The second-order valence-electron chi connectivity index (χ2n) is 11.8. The highest BCUT2D eigenvalue weighted by atomic mass is 32.2. The maximum absolute atomic E-state index is 14.6. The molecule has 3 heterocycles. The molecule has 1 aliphatic heterocycles. The first-order valence-corrected chi connectivity index (χ1v) is 16.3. The van der Waals surface area contributed by atoms with Gasteiger partial charge in [-0.25, -0.2) is 15.0 Å². The number of carbonyl (C=O) groups is 2. The first-order valence-electron chi connectivity index (χ1n) is 14.8. The van der Waals surface area contributed by atoms with Crippen LogP contribution in [0.3, 0.4) is 0 Å². The standard InChI is InChI=1S/C34H31N5O5S/c1-39(45(42,43)32-29-31(36-20-35-29)37-21-38-32)26-14-8-13-25(17-26)27(24-15-16-24)28-30(40)34(44-33(28)41,18-22-9-4-2-5-10-22)19-23-11-6-3-7-12-23/h2-14,17,20-21,24,27-28H,15-16,18-19H2,1H3,(H,35,36,37,38). The molecule has 45 heavy (non-hydrogen) atoms. The minimum Gasteiger partial charge on any atom is -0.450 e. The molecule has 2 aliphatic rings. The Morgan fingerprint density at radius 1 is 0.911 bits per heavy atom. The van der Waals surface area contributed by atoms with Crippen LogP contribution < -0.4 is 4.31 Å². The fourth-order valence-electron chi connectivity index (χ4n) is 6.49. The summed E-state index contributed by atoms with van der Waals surface area (Å²) in [7, 11) is -2.66. The Balaban J connectivity index is 1.24. The van der Waals surface area contributed by atoms with Crippen LogP contribution in [-0.2, 0) is 37.2 Å². The second kappa shape index (κ2) is 11.2. The van der Waals surface area contributed by atoms with Crippen LogP contribution in [0.25, 0.3) is 11.2 Å². The van der Waals surface area contributed by atoms with E-state index >= 15 is 0 Å². The zero-order chi connectivity index (χ0) is 31.2. The van der Waals surface area contributed by atoms with Crippen LogP contribution in [0, 0.1) is 11.8 Å². The normalized spacial score (nSPS) is 18.6. The first-order chi connectivity index (χ1) is 21.8. The van der Waals surface area contributed by atoms with E-state index in [1.807, 2.05) is 66.7 Å². The summed E-state index contributed by atoms with van der Waals surface area (Å²) in [5.74, 6) is -2.12. The van der Waals surface area contributed by atoms with Crippen molar-refractivity contribution in [2.45, 2.75) is 42.2 Å². The molecule has 2 unspecified atom stereocenters. The number of aromatic nitrogens is 4. The van der Waals surface area contributed by atoms with Crippen LogP contribution in [0.1, 0.15) is 35.4 Å². The van der Waals surface area contributed by atoms with Gasteiger partial charge in [-0.3, -0.25) is 13.9 Å². The molecule has 1 saturated heterocycles. The maximum Gasteiger partial charge on any atom is 0.318 e. The molecule has 228 valence electrons. The molecule has 0 spiro atoms. The van der Waals surface area contributed by atoms with E-state index in [1.54, 1.807) is 18.2 Å². The molecule has 0 amide bonds. The quantitative estimate of drug-likeness (QED) is 0.135. The lowest BCUT2D eigenvalue weighted by atomic mass is 9.74. The van der Waals surface area contributed by atoms with Crippen molar-refractivity contribution in [1.82, 2.24) is 19.9 Å². The number of esters is 1. The average Bonchev–Trinajstić information content (AvgIpc) is 3.72. The minimum atomic E-state index is -4.11. The minimum absolute atomic E-state index is 0.0967. The molecule has 1 N–H and O–H groups in total. The lowest BCUT2D eigenvalue weighted by Crippen LogP contribution is -2.43. The molecule has 1 saturated carbocycles.